The van der Waals surface area contributed by atoms with Crippen molar-refractivity contribution in [3.05, 3.63) is 89.2 Å². The first kappa shape index (κ1) is 17.4. The molecule has 6 nitrogen and oxygen atoms in total. The first-order valence-electron chi connectivity index (χ1n) is 8.31. The Labute approximate surface area is 151 Å². The summed E-state index contributed by atoms with van der Waals surface area (Å²) in [7, 11) is 1.68. The van der Waals surface area contributed by atoms with Crippen molar-refractivity contribution in [2.45, 2.75) is 13.1 Å². The van der Waals surface area contributed by atoms with Gasteiger partial charge in [-0.15, -0.1) is 0 Å². The van der Waals surface area contributed by atoms with E-state index in [1.165, 1.54) is 4.68 Å². The minimum absolute atomic E-state index is 0.119. The first-order chi connectivity index (χ1) is 12.6. The molecule has 26 heavy (non-hydrogen) atoms. The van der Waals surface area contributed by atoms with E-state index in [2.05, 4.69) is 15.7 Å². The molecule has 0 aliphatic carbocycles. The highest BCUT2D eigenvalue weighted by atomic mass is 16.2. The zero-order chi connectivity index (χ0) is 18.4. The summed E-state index contributed by atoms with van der Waals surface area (Å²) in [4.78, 5) is 25.0. The molecule has 3 aromatic rings. The molecule has 132 valence electrons. The zero-order valence-corrected chi connectivity index (χ0v) is 14.5. The number of carbonyl (C=O) groups excluding carboxylic acids is 2. The molecule has 6 heteroatoms. The second kappa shape index (κ2) is 8.11. The summed E-state index contributed by atoms with van der Waals surface area (Å²) in [5.41, 5.74) is 2.34. The van der Waals surface area contributed by atoms with Gasteiger partial charge in [0.15, 0.2) is 5.69 Å². The van der Waals surface area contributed by atoms with E-state index in [-0.39, 0.29) is 23.1 Å². The Kier molecular flexibility index (Phi) is 5.43. The Balaban J connectivity index is 1.66. The molecular weight excluding hydrogens is 328 g/mol. The van der Waals surface area contributed by atoms with Gasteiger partial charge in [0, 0.05) is 26.3 Å². The highest BCUT2D eigenvalue weighted by Crippen LogP contribution is 2.08. The molecule has 0 aliphatic rings. The number of nitrogens with zero attached hydrogens (tertiary/aromatic N) is 2. The van der Waals surface area contributed by atoms with E-state index in [9.17, 15) is 9.59 Å². The lowest BCUT2D eigenvalue weighted by Gasteiger charge is -2.07. The lowest BCUT2D eigenvalue weighted by molar-refractivity contribution is 0.0914. The average Bonchev–Trinajstić information content (AvgIpc) is 3.08. The van der Waals surface area contributed by atoms with E-state index in [1.807, 2.05) is 60.7 Å². The summed E-state index contributed by atoms with van der Waals surface area (Å²) in [6.07, 6.45) is 1.55. The maximum Gasteiger partial charge on any atom is 0.272 e. The number of aryl methyl sites for hydroxylation is 1. The summed E-state index contributed by atoms with van der Waals surface area (Å²) in [6, 6.07) is 19.2. The van der Waals surface area contributed by atoms with Gasteiger partial charge in [-0.25, -0.2) is 0 Å². The minimum atomic E-state index is -0.376. The number of benzene rings is 2. The molecule has 1 aromatic heterocycles. The van der Waals surface area contributed by atoms with Crippen LogP contribution >= 0.6 is 0 Å². The first-order valence-corrected chi connectivity index (χ1v) is 8.31. The quantitative estimate of drug-likeness (QED) is 0.717. The van der Waals surface area contributed by atoms with Gasteiger partial charge in [0.1, 0.15) is 0 Å². The second-order valence-corrected chi connectivity index (χ2v) is 5.90. The third-order valence-electron chi connectivity index (χ3n) is 3.88. The van der Waals surface area contributed by atoms with Gasteiger partial charge in [-0.3, -0.25) is 14.3 Å². The minimum Gasteiger partial charge on any atom is -0.348 e. The largest absolute Gasteiger partial charge is 0.348 e. The smallest absolute Gasteiger partial charge is 0.272 e. The van der Waals surface area contributed by atoms with E-state index in [1.54, 1.807) is 13.2 Å². The average molecular weight is 348 g/mol. The van der Waals surface area contributed by atoms with Crippen LogP contribution in [0.4, 0.5) is 0 Å². The van der Waals surface area contributed by atoms with Crippen LogP contribution in [-0.4, -0.2) is 21.6 Å². The van der Waals surface area contributed by atoms with Crippen molar-refractivity contribution >= 4 is 11.8 Å². The normalized spacial score (nSPS) is 10.3. The van der Waals surface area contributed by atoms with Crippen LogP contribution in [0.2, 0.25) is 0 Å². The van der Waals surface area contributed by atoms with Crippen molar-refractivity contribution in [2.24, 2.45) is 7.05 Å². The molecular formula is C20H20N4O2. The molecule has 0 saturated carbocycles. The van der Waals surface area contributed by atoms with Gasteiger partial charge in [-0.05, 0) is 11.1 Å². The van der Waals surface area contributed by atoms with Crippen LogP contribution in [0.3, 0.4) is 0 Å². The van der Waals surface area contributed by atoms with E-state index < -0.39 is 0 Å². The second-order valence-electron chi connectivity index (χ2n) is 5.90. The van der Waals surface area contributed by atoms with Gasteiger partial charge in [0.2, 0.25) is 0 Å². The van der Waals surface area contributed by atoms with Crippen LogP contribution in [0.25, 0.3) is 0 Å². The van der Waals surface area contributed by atoms with Gasteiger partial charge < -0.3 is 10.6 Å². The topological polar surface area (TPSA) is 76.0 Å². The van der Waals surface area contributed by atoms with Crippen molar-refractivity contribution in [1.82, 2.24) is 20.4 Å². The zero-order valence-electron chi connectivity index (χ0n) is 14.5. The van der Waals surface area contributed by atoms with Crippen LogP contribution in [0.5, 0.6) is 0 Å². The molecule has 0 bridgehead atoms. The molecule has 1 heterocycles. The Bertz CT molecular complexity index is 816. The Morgan fingerprint density at radius 1 is 0.846 bits per heavy atom. The number of hydrogen-bond donors (Lipinski definition) is 2. The molecule has 2 N–H and O–H groups in total. The summed E-state index contributed by atoms with van der Waals surface area (Å²) in [5.74, 6) is -0.703. The standard InChI is InChI=1S/C20H20N4O2/c1-24-14-17(19(25)21-12-15-8-4-2-5-9-15)18(23-24)20(26)22-13-16-10-6-3-7-11-16/h2-11,14H,12-13H2,1H3,(H,21,25)(H,22,26). The van der Waals surface area contributed by atoms with Crippen molar-refractivity contribution < 1.29 is 9.59 Å². The number of aromatic nitrogens is 2. The molecule has 0 saturated heterocycles. The van der Waals surface area contributed by atoms with Gasteiger partial charge in [0.25, 0.3) is 11.8 Å². The summed E-state index contributed by atoms with van der Waals surface area (Å²) in [6.45, 7) is 0.765. The number of hydrogen-bond acceptors (Lipinski definition) is 3. The fourth-order valence-electron chi connectivity index (χ4n) is 2.56. The third kappa shape index (κ3) is 4.36. The monoisotopic (exact) mass is 348 g/mol. The van der Waals surface area contributed by atoms with Gasteiger partial charge >= 0.3 is 0 Å². The molecule has 2 amide bonds. The SMILES string of the molecule is Cn1cc(C(=O)NCc2ccccc2)c(C(=O)NCc2ccccc2)n1. The number of carbonyl (C=O) groups is 2. The Morgan fingerprint density at radius 3 is 1.88 bits per heavy atom. The fraction of sp³-hybridized carbons (Fsp3) is 0.150. The highest BCUT2D eigenvalue weighted by molar-refractivity contribution is 6.05. The summed E-state index contributed by atoms with van der Waals surface area (Å²) >= 11 is 0. The number of rotatable bonds is 6. The molecule has 0 aliphatic heterocycles. The highest BCUT2D eigenvalue weighted by Gasteiger charge is 2.21. The molecule has 0 radical (unpaired) electrons. The maximum absolute atomic E-state index is 12.5. The molecule has 0 spiro atoms. The van der Waals surface area contributed by atoms with E-state index in [0.717, 1.165) is 11.1 Å². The molecule has 0 unspecified atom stereocenters. The van der Waals surface area contributed by atoms with Crippen molar-refractivity contribution in [1.29, 1.82) is 0 Å². The van der Waals surface area contributed by atoms with E-state index in [0.29, 0.717) is 13.1 Å². The van der Waals surface area contributed by atoms with Crippen LogP contribution in [0.15, 0.2) is 66.9 Å². The predicted octanol–water partition coefficient (Wildman–Crippen LogP) is 2.28. The van der Waals surface area contributed by atoms with Gasteiger partial charge in [-0.1, -0.05) is 60.7 Å². The van der Waals surface area contributed by atoms with Crippen LogP contribution in [0.1, 0.15) is 32.0 Å². The number of amides is 2. The van der Waals surface area contributed by atoms with Crippen molar-refractivity contribution in [3.63, 3.8) is 0 Å². The predicted molar refractivity (Wildman–Crippen MR) is 98.4 cm³/mol. The number of nitrogens with one attached hydrogen (secondary N) is 2. The van der Waals surface area contributed by atoms with E-state index in [4.69, 9.17) is 0 Å². The molecule has 0 atom stereocenters. The summed E-state index contributed by atoms with van der Waals surface area (Å²) in [5, 5.41) is 9.77. The lowest BCUT2D eigenvalue weighted by atomic mass is 10.2. The Hall–Kier alpha value is -3.41. The van der Waals surface area contributed by atoms with Gasteiger partial charge in [-0.2, -0.15) is 5.10 Å². The van der Waals surface area contributed by atoms with E-state index >= 15 is 0 Å². The lowest BCUT2D eigenvalue weighted by Crippen LogP contribution is -2.28. The maximum atomic E-state index is 12.5. The van der Waals surface area contributed by atoms with Gasteiger partial charge in [0.05, 0.1) is 5.56 Å². The van der Waals surface area contributed by atoms with Crippen LogP contribution in [-0.2, 0) is 20.1 Å². The molecule has 3 rings (SSSR count). The summed E-state index contributed by atoms with van der Waals surface area (Å²) < 4.78 is 1.47. The molecule has 0 fully saturated rings. The van der Waals surface area contributed by atoms with Crippen molar-refractivity contribution in [2.75, 3.05) is 0 Å². The fourth-order valence-corrected chi connectivity index (χ4v) is 2.56. The van der Waals surface area contributed by atoms with Crippen molar-refractivity contribution in [3.8, 4) is 0 Å². The van der Waals surface area contributed by atoms with Crippen LogP contribution < -0.4 is 10.6 Å². The third-order valence-corrected chi connectivity index (χ3v) is 3.88. The Morgan fingerprint density at radius 2 is 1.35 bits per heavy atom. The molecule has 2 aromatic carbocycles. The van der Waals surface area contributed by atoms with Crippen LogP contribution in [0, 0.1) is 0 Å².